The number of unbranched alkanes of at least 4 members (excludes halogenated alkanes) is 2. The number of rotatable bonds is 10. The van der Waals surface area contributed by atoms with Crippen LogP contribution in [0.5, 0.6) is 0 Å². The molecule has 1 aliphatic carbocycles. The molecule has 3 aromatic rings. The summed E-state index contributed by atoms with van der Waals surface area (Å²) in [5.74, 6) is -0.0753. The number of aromatic nitrogens is 4. The Hall–Kier alpha value is -3.67. The van der Waals surface area contributed by atoms with Crippen molar-refractivity contribution in [1.29, 1.82) is 5.26 Å². The van der Waals surface area contributed by atoms with Crippen LogP contribution in [0, 0.1) is 16.7 Å². The van der Waals surface area contributed by atoms with Crippen LogP contribution in [0.15, 0.2) is 30.3 Å². The summed E-state index contributed by atoms with van der Waals surface area (Å²) in [4.78, 5) is 26.7. The highest BCUT2D eigenvalue weighted by molar-refractivity contribution is 6.06. The Kier molecular flexibility index (Phi) is 7.96. The van der Waals surface area contributed by atoms with E-state index in [9.17, 15) is 9.59 Å². The topological polar surface area (TPSA) is 118 Å². The molecule has 1 fully saturated rings. The third-order valence-corrected chi connectivity index (χ3v) is 7.12. The number of nitrogens with zero attached hydrogens (tertiary/aromatic N) is 5. The molecule has 1 aromatic carbocycles. The summed E-state index contributed by atoms with van der Waals surface area (Å²) in [7, 11) is 1.95. The van der Waals surface area contributed by atoms with E-state index >= 15 is 0 Å². The molecule has 9 heteroatoms. The first-order valence-corrected chi connectivity index (χ1v) is 13.1. The summed E-state index contributed by atoms with van der Waals surface area (Å²) in [5, 5.41) is 24.6. The van der Waals surface area contributed by atoms with E-state index in [0.29, 0.717) is 31.1 Å². The van der Waals surface area contributed by atoms with E-state index in [4.69, 9.17) is 5.26 Å². The first-order chi connectivity index (χ1) is 17.7. The van der Waals surface area contributed by atoms with Crippen LogP contribution in [0.3, 0.4) is 0 Å². The van der Waals surface area contributed by atoms with Gasteiger partial charge in [0.2, 0.25) is 5.91 Å². The molecule has 0 radical (unpaired) electrons. The SMILES string of the molecule is Cn1nc(CNC(=O)C(NC(=O)c2nn(CCCCC#N)c3ccccc23)C(C)(C)C)cc1C1CCC1. The predicted molar refractivity (Wildman–Crippen MR) is 142 cm³/mol. The number of carbonyl (C=O) groups is 2. The molecule has 9 nitrogen and oxygen atoms in total. The second-order valence-electron chi connectivity index (χ2n) is 11.0. The Balaban J connectivity index is 1.47. The van der Waals surface area contributed by atoms with Crippen LogP contribution < -0.4 is 10.6 Å². The van der Waals surface area contributed by atoms with Crippen molar-refractivity contribution < 1.29 is 9.59 Å². The zero-order valence-electron chi connectivity index (χ0n) is 22.3. The predicted octanol–water partition coefficient (Wildman–Crippen LogP) is 4.19. The summed E-state index contributed by atoms with van der Waals surface area (Å²) in [6, 6.07) is 11.1. The molecule has 196 valence electrons. The van der Waals surface area contributed by atoms with Gasteiger partial charge in [-0.1, -0.05) is 45.4 Å². The van der Waals surface area contributed by atoms with E-state index in [0.717, 1.165) is 29.4 Å². The van der Waals surface area contributed by atoms with E-state index < -0.39 is 11.5 Å². The summed E-state index contributed by atoms with van der Waals surface area (Å²) in [6.45, 7) is 6.71. The lowest BCUT2D eigenvalue weighted by Gasteiger charge is -2.30. The number of carbonyl (C=O) groups excluding carboxylic acids is 2. The molecule has 0 spiro atoms. The van der Waals surface area contributed by atoms with Crippen molar-refractivity contribution >= 4 is 22.7 Å². The molecule has 0 saturated heterocycles. The van der Waals surface area contributed by atoms with Crippen molar-refractivity contribution in [1.82, 2.24) is 30.2 Å². The van der Waals surface area contributed by atoms with Crippen molar-refractivity contribution in [3.05, 3.63) is 47.4 Å². The summed E-state index contributed by atoms with van der Waals surface area (Å²) >= 11 is 0. The van der Waals surface area contributed by atoms with Crippen LogP contribution in [-0.2, 0) is 24.9 Å². The number of amides is 2. The average molecular weight is 504 g/mol. The number of nitrogens with one attached hydrogen (secondary N) is 2. The number of hydrogen-bond acceptors (Lipinski definition) is 5. The van der Waals surface area contributed by atoms with Crippen molar-refractivity contribution in [3.63, 3.8) is 0 Å². The molecular weight excluding hydrogens is 466 g/mol. The Bertz CT molecular complexity index is 1300. The number of hydrogen-bond donors (Lipinski definition) is 2. The summed E-state index contributed by atoms with van der Waals surface area (Å²) in [5.41, 5.74) is 2.67. The van der Waals surface area contributed by atoms with E-state index in [2.05, 4.69) is 33.0 Å². The minimum atomic E-state index is -0.755. The van der Waals surface area contributed by atoms with Crippen molar-refractivity contribution in [3.8, 4) is 6.07 Å². The van der Waals surface area contributed by atoms with Gasteiger partial charge in [0.05, 0.1) is 23.8 Å². The van der Waals surface area contributed by atoms with E-state index in [-0.39, 0.29) is 11.8 Å². The van der Waals surface area contributed by atoms with Gasteiger partial charge in [0, 0.05) is 37.0 Å². The molecule has 2 N–H and O–H groups in total. The normalized spacial score (nSPS) is 14.7. The zero-order valence-corrected chi connectivity index (χ0v) is 22.3. The number of para-hydroxylation sites is 1. The van der Waals surface area contributed by atoms with Gasteiger partial charge in [-0.05, 0) is 43.2 Å². The average Bonchev–Trinajstić information content (AvgIpc) is 3.37. The minimum absolute atomic E-state index is 0.253. The van der Waals surface area contributed by atoms with Crippen LogP contribution in [0.4, 0.5) is 0 Å². The van der Waals surface area contributed by atoms with Gasteiger partial charge in [-0.15, -0.1) is 0 Å². The van der Waals surface area contributed by atoms with Gasteiger partial charge >= 0.3 is 0 Å². The zero-order chi connectivity index (χ0) is 26.6. The Morgan fingerprint density at radius 2 is 1.95 bits per heavy atom. The molecule has 1 aliphatic rings. The molecule has 2 amide bonds. The van der Waals surface area contributed by atoms with Gasteiger partial charge in [-0.25, -0.2) is 0 Å². The number of nitriles is 1. The number of aryl methyl sites for hydroxylation is 2. The van der Waals surface area contributed by atoms with Gasteiger partial charge in [-0.3, -0.25) is 19.0 Å². The fraction of sp³-hybridized carbons (Fsp3) is 0.536. The highest BCUT2D eigenvalue weighted by atomic mass is 16.2. The fourth-order valence-electron chi connectivity index (χ4n) is 4.80. The number of fused-ring (bicyclic) bond motifs is 1. The Labute approximate surface area is 218 Å². The lowest BCUT2D eigenvalue weighted by atomic mass is 9.83. The first kappa shape index (κ1) is 26.4. The maximum Gasteiger partial charge on any atom is 0.273 e. The van der Waals surface area contributed by atoms with Crippen molar-refractivity contribution in [2.45, 2.75) is 84.3 Å². The molecule has 0 bridgehead atoms. The minimum Gasteiger partial charge on any atom is -0.349 e. The van der Waals surface area contributed by atoms with Crippen LogP contribution in [0.1, 0.15) is 87.1 Å². The Morgan fingerprint density at radius 1 is 1.19 bits per heavy atom. The fourth-order valence-corrected chi connectivity index (χ4v) is 4.80. The largest absolute Gasteiger partial charge is 0.349 e. The van der Waals surface area contributed by atoms with Crippen LogP contribution in [0.25, 0.3) is 10.9 Å². The van der Waals surface area contributed by atoms with E-state index in [1.54, 1.807) is 0 Å². The summed E-state index contributed by atoms with van der Waals surface area (Å²) in [6.07, 6.45) is 5.70. The second-order valence-corrected chi connectivity index (χ2v) is 11.0. The standard InChI is InChI=1S/C28H37N7O2/c1-28(2,3)25(27(37)30-18-20-17-23(34(4)32-20)19-11-10-12-19)31-26(36)24-21-13-6-7-14-22(21)35(33-24)16-9-5-8-15-29/h6-7,13-14,17,19,25H,5,8-12,16,18H2,1-4H3,(H,30,37)(H,31,36). The number of benzene rings is 1. The first-order valence-electron chi connectivity index (χ1n) is 13.1. The molecule has 1 unspecified atom stereocenters. The highest BCUT2D eigenvalue weighted by Crippen LogP contribution is 2.36. The quantitative estimate of drug-likeness (QED) is 0.402. The third-order valence-electron chi connectivity index (χ3n) is 7.12. The molecule has 1 saturated carbocycles. The molecule has 1 atom stereocenters. The van der Waals surface area contributed by atoms with Gasteiger partial charge in [-0.2, -0.15) is 15.5 Å². The van der Waals surface area contributed by atoms with Crippen LogP contribution in [0.2, 0.25) is 0 Å². The van der Waals surface area contributed by atoms with E-state index in [1.165, 1.54) is 25.0 Å². The van der Waals surface area contributed by atoms with Gasteiger partial charge < -0.3 is 10.6 Å². The molecule has 2 aromatic heterocycles. The summed E-state index contributed by atoms with van der Waals surface area (Å²) < 4.78 is 3.73. The third kappa shape index (κ3) is 6.01. The smallest absolute Gasteiger partial charge is 0.273 e. The highest BCUT2D eigenvalue weighted by Gasteiger charge is 2.34. The maximum atomic E-state index is 13.4. The molecule has 2 heterocycles. The van der Waals surface area contributed by atoms with Gasteiger partial charge in [0.15, 0.2) is 5.69 Å². The molecular formula is C28H37N7O2. The lowest BCUT2D eigenvalue weighted by Crippen LogP contribution is -2.53. The maximum absolute atomic E-state index is 13.4. The molecule has 0 aliphatic heterocycles. The van der Waals surface area contributed by atoms with Crippen molar-refractivity contribution in [2.24, 2.45) is 12.5 Å². The lowest BCUT2D eigenvalue weighted by molar-refractivity contribution is -0.125. The molecule has 4 rings (SSSR count). The Morgan fingerprint density at radius 3 is 2.62 bits per heavy atom. The van der Waals surface area contributed by atoms with Crippen LogP contribution in [-0.4, -0.2) is 37.4 Å². The molecule has 37 heavy (non-hydrogen) atoms. The van der Waals surface area contributed by atoms with Crippen LogP contribution >= 0.6 is 0 Å². The van der Waals surface area contributed by atoms with Crippen molar-refractivity contribution in [2.75, 3.05) is 0 Å². The van der Waals surface area contributed by atoms with Gasteiger partial charge in [0.1, 0.15) is 6.04 Å². The monoisotopic (exact) mass is 503 g/mol. The second kappa shape index (κ2) is 11.2. The van der Waals surface area contributed by atoms with Gasteiger partial charge in [0.25, 0.3) is 5.91 Å². The van der Waals surface area contributed by atoms with E-state index in [1.807, 2.05) is 61.4 Å².